The Bertz CT molecular complexity index is 446. The Kier molecular flexibility index (Phi) is 2.50. The van der Waals surface area contributed by atoms with E-state index in [1.807, 2.05) is 25.7 Å². The topological polar surface area (TPSA) is 58.1 Å². The number of halogens is 1. The monoisotopic (exact) mass is 240 g/mol. The number of carbonyl (C=O) groups is 1. The highest BCUT2D eigenvalue weighted by molar-refractivity contribution is 6.28. The van der Waals surface area contributed by atoms with Crippen LogP contribution in [0.1, 0.15) is 20.8 Å². The van der Waals surface area contributed by atoms with Crippen LogP contribution in [-0.2, 0) is 4.79 Å². The van der Waals surface area contributed by atoms with Crippen molar-refractivity contribution in [2.75, 3.05) is 16.8 Å². The summed E-state index contributed by atoms with van der Waals surface area (Å²) in [5.74, 6) is 0.611. The largest absolute Gasteiger partial charge is 0.341 e. The molecule has 86 valence electrons. The molecule has 0 fully saturated rings. The smallest absolute Gasteiger partial charge is 0.249 e. The number of carbonyl (C=O) groups excluding carboxylic acids is 1. The first-order valence-electron chi connectivity index (χ1n) is 5.08. The number of nitrogens with one attached hydrogen (secondary N) is 1. The Balaban J connectivity index is 2.58. The van der Waals surface area contributed by atoms with E-state index in [1.54, 1.807) is 0 Å². The van der Waals surface area contributed by atoms with Crippen LogP contribution < -0.4 is 10.2 Å². The minimum absolute atomic E-state index is 0.0622. The molecule has 5 nitrogen and oxygen atoms in total. The molecule has 0 unspecified atom stereocenters. The van der Waals surface area contributed by atoms with Crippen LogP contribution in [-0.4, -0.2) is 28.0 Å². The molecule has 0 atom stereocenters. The molecule has 0 aliphatic carbocycles. The zero-order valence-corrected chi connectivity index (χ0v) is 10.2. The van der Waals surface area contributed by atoms with Gasteiger partial charge in [0.1, 0.15) is 11.2 Å². The number of amides is 1. The van der Waals surface area contributed by atoms with Crippen LogP contribution in [0.2, 0.25) is 5.28 Å². The first-order chi connectivity index (χ1) is 7.46. The summed E-state index contributed by atoms with van der Waals surface area (Å²) in [7, 11) is 0. The number of rotatable bonds is 1. The Labute approximate surface area is 98.8 Å². The molecule has 2 heterocycles. The molecule has 1 aliphatic heterocycles. The lowest BCUT2D eigenvalue weighted by Gasteiger charge is -2.41. The number of aromatic nitrogens is 2. The van der Waals surface area contributed by atoms with Crippen LogP contribution >= 0.6 is 11.6 Å². The molecule has 16 heavy (non-hydrogen) atoms. The van der Waals surface area contributed by atoms with Crippen LogP contribution in [0, 0.1) is 0 Å². The summed E-state index contributed by atoms with van der Waals surface area (Å²) in [6, 6.07) is 0. The molecular weight excluding hydrogens is 228 g/mol. The van der Waals surface area contributed by atoms with Gasteiger partial charge in [0.25, 0.3) is 0 Å². The predicted octanol–water partition coefficient (Wildman–Crippen LogP) is 1.69. The number of hydrogen-bond acceptors (Lipinski definition) is 4. The third-order valence-corrected chi connectivity index (χ3v) is 2.97. The maximum absolute atomic E-state index is 11.9. The van der Waals surface area contributed by atoms with Crippen LogP contribution in [0.15, 0.2) is 6.20 Å². The zero-order valence-electron chi connectivity index (χ0n) is 9.41. The van der Waals surface area contributed by atoms with Crippen LogP contribution in [0.3, 0.4) is 0 Å². The molecule has 0 aromatic carbocycles. The molecule has 1 N–H and O–H groups in total. The second-order valence-electron chi connectivity index (χ2n) is 4.13. The molecular formula is C10H13ClN4O. The zero-order chi connectivity index (χ0) is 11.9. The Morgan fingerprint density at radius 1 is 1.56 bits per heavy atom. The molecule has 2 rings (SSSR count). The minimum atomic E-state index is -0.626. The molecule has 0 saturated carbocycles. The Morgan fingerprint density at radius 3 is 2.88 bits per heavy atom. The van der Waals surface area contributed by atoms with Gasteiger partial charge in [0.2, 0.25) is 11.2 Å². The van der Waals surface area contributed by atoms with Crippen molar-refractivity contribution in [3.05, 3.63) is 11.5 Å². The molecule has 0 saturated heterocycles. The standard InChI is InChI=1S/C10H13ClN4O/c1-4-15-7-6(5-12-9(11)14-7)13-8(16)10(15,2)3/h5H,4H2,1-3H3,(H,13,16). The fraction of sp³-hybridized carbons (Fsp3) is 0.500. The van der Waals surface area contributed by atoms with Crippen LogP contribution in [0.4, 0.5) is 11.5 Å². The third-order valence-electron chi connectivity index (χ3n) is 2.79. The molecule has 0 bridgehead atoms. The Morgan fingerprint density at radius 2 is 2.25 bits per heavy atom. The van der Waals surface area contributed by atoms with Gasteiger partial charge >= 0.3 is 0 Å². The van der Waals surface area contributed by atoms with E-state index in [4.69, 9.17) is 11.6 Å². The molecule has 1 aromatic heterocycles. The highest BCUT2D eigenvalue weighted by Gasteiger charge is 2.40. The SMILES string of the molecule is CCN1c2nc(Cl)ncc2NC(=O)C1(C)C. The van der Waals surface area contributed by atoms with Gasteiger partial charge in [0.15, 0.2) is 5.82 Å². The van der Waals surface area contributed by atoms with Crippen LogP contribution in [0.5, 0.6) is 0 Å². The summed E-state index contributed by atoms with van der Waals surface area (Å²) in [5, 5.41) is 2.96. The summed E-state index contributed by atoms with van der Waals surface area (Å²) >= 11 is 5.77. The fourth-order valence-corrected chi connectivity index (χ4v) is 1.98. The van der Waals surface area contributed by atoms with Gasteiger partial charge in [-0.3, -0.25) is 4.79 Å². The number of nitrogens with zero attached hydrogens (tertiary/aromatic N) is 3. The summed E-state index contributed by atoms with van der Waals surface area (Å²) in [5.41, 5.74) is -0.0185. The average molecular weight is 241 g/mol. The molecule has 1 amide bonds. The van der Waals surface area contributed by atoms with Gasteiger partial charge in [0.05, 0.1) is 6.20 Å². The molecule has 6 heteroatoms. The van der Waals surface area contributed by atoms with E-state index in [1.165, 1.54) is 6.20 Å². The van der Waals surface area contributed by atoms with Crippen molar-refractivity contribution in [3.63, 3.8) is 0 Å². The van der Waals surface area contributed by atoms with E-state index in [9.17, 15) is 4.79 Å². The molecule has 1 aromatic rings. The van der Waals surface area contributed by atoms with E-state index in [-0.39, 0.29) is 11.2 Å². The van der Waals surface area contributed by atoms with Gasteiger partial charge in [-0.15, -0.1) is 0 Å². The highest BCUT2D eigenvalue weighted by Crippen LogP contribution is 2.34. The summed E-state index contributed by atoms with van der Waals surface area (Å²) in [4.78, 5) is 21.8. The van der Waals surface area contributed by atoms with Crippen molar-refractivity contribution in [2.24, 2.45) is 0 Å². The third kappa shape index (κ3) is 1.51. The van der Waals surface area contributed by atoms with E-state index >= 15 is 0 Å². The number of anilines is 2. The fourth-order valence-electron chi connectivity index (χ4n) is 1.85. The summed E-state index contributed by atoms with van der Waals surface area (Å²) < 4.78 is 0. The van der Waals surface area contributed by atoms with Crippen molar-refractivity contribution < 1.29 is 4.79 Å². The first kappa shape index (κ1) is 11.1. The van der Waals surface area contributed by atoms with Crippen LogP contribution in [0.25, 0.3) is 0 Å². The Hall–Kier alpha value is -1.36. The molecule has 1 aliphatic rings. The van der Waals surface area contributed by atoms with Gasteiger partial charge in [-0.25, -0.2) is 4.98 Å². The summed E-state index contributed by atoms with van der Waals surface area (Å²) in [6.07, 6.45) is 1.53. The van der Waals surface area contributed by atoms with E-state index < -0.39 is 5.54 Å². The summed E-state index contributed by atoms with van der Waals surface area (Å²) in [6.45, 7) is 6.36. The minimum Gasteiger partial charge on any atom is -0.341 e. The maximum Gasteiger partial charge on any atom is 0.249 e. The van der Waals surface area contributed by atoms with Gasteiger partial charge in [0, 0.05) is 6.54 Å². The van der Waals surface area contributed by atoms with Crippen molar-refractivity contribution >= 4 is 29.0 Å². The second kappa shape index (κ2) is 3.59. The molecule has 0 spiro atoms. The first-order valence-corrected chi connectivity index (χ1v) is 5.46. The quantitative estimate of drug-likeness (QED) is 0.759. The van der Waals surface area contributed by atoms with Crippen molar-refractivity contribution in [3.8, 4) is 0 Å². The highest BCUT2D eigenvalue weighted by atomic mass is 35.5. The van der Waals surface area contributed by atoms with Gasteiger partial charge in [-0.05, 0) is 32.4 Å². The van der Waals surface area contributed by atoms with Crippen molar-refractivity contribution in [1.82, 2.24) is 9.97 Å². The van der Waals surface area contributed by atoms with Crippen molar-refractivity contribution in [2.45, 2.75) is 26.3 Å². The van der Waals surface area contributed by atoms with E-state index in [0.717, 1.165) is 0 Å². The lowest BCUT2D eigenvalue weighted by molar-refractivity contribution is -0.120. The number of hydrogen-bond donors (Lipinski definition) is 1. The van der Waals surface area contributed by atoms with Crippen molar-refractivity contribution in [1.29, 1.82) is 0 Å². The van der Waals surface area contributed by atoms with E-state index in [2.05, 4.69) is 15.3 Å². The van der Waals surface area contributed by atoms with Gasteiger partial charge in [-0.1, -0.05) is 0 Å². The number of likely N-dealkylation sites (N-methyl/N-ethyl adjacent to an activating group) is 1. The normalized spacial score (nSPS) is 18.0. The average Bonchev–Trinajstić information content (AvgIpc) is 2.21. The lowest BCUT2D eigenvalue weighted by atomic mass is 9.98. The molecule has 0 radical (unpaired) electrons. The maximum atomic E-state index is 11.9. The number of fused-ring (bicyclic) bond motifs is 1. The van der Waals surface area contributed by atoms with Gasteiger partial charge in [-0.2, -0.15) is 4.98 Å². The lowest BCUT2D eigenvalue weighted by Crippen LogP contribution is -2.56. The predicted molar refractivity (Wildman–Crippen MR) is 62.8 cm³/mol. The van der Waals surface area contributed by atoms with E-state index in [0.29, 0.717) is 18.1 Å². The van der Waals surface area contributed by atoms with Gasteiger partial charge < -0.3 is 10.2 Å². The second-order valence-corrected chi connectivity index (χ2v) is 4.47.